The maximum absolute atomic E-state index is 14.3. The first kappa shape index (κ1) is 26.0. The van der Waals surface area contributed by atoms with E-state index in [2.05, 4.69) is 31.8 Å². The lowest BCUT2D eigenvalue weighted by atomic mass is 10.0. The van der Waals surface area contributed by atoms with E-state index >= 15 is 0 Å². The van der Waals surface area contributed by atoms with Crippen molar-refractivity contribution in [2.24, 2.45) is 0 Å². The molecule has 4 heterocycles. The fourth-order valence-electron chi connectivity index (χ4n) is 3.86. The van der Waals surface area contributed by atoms with Gasteiger partial charge < -0.3 is 20.5 Å². The number of nitrogens with zero attached hydrogens (tertiary/aromatic N) is 5. The van der Waals surface area contributed by atoms with Crippen LogP contribution < -0.4 is 15.4 Å². The fraction of sp³-hybridized carbons (Fsp3) is 0.222. The highest BCUT2D eigenvalue weighted by molar-refractivity contribution is 7.22. The number of aliphatic hydroxyl groups is 1. The van der Waals surface area contributed by atoms with E-state index in [0.29, 0.717) is 39.0 Å². The number of carbonyl (C=O) groups excluding carboxylic acids is 1. The van der Waals surface area contributed by atoms with E-state index in [1.54, 1.807) is 23.8 Å². The van der Waals surface area contributed by atoms with Gasteiger partial charge in [-0.3, -0.25) is 9.78 Å². The Kier molecular flexibility index (Phi) is 6.86. The van der Waals surface area contributed by atoms with Crippen molar-refractivity contribution in [2.75, 3.05) is 19.0 Å². The first-order valence-corrected chi connectivity index (χ1v) is 12.7. The van der Waals surface area contributed by atoms with Gasteiger partial charge in [-0.25, -0.2) is 13.9 Å². The van der Waals surface area contributed by atoms with Crippen LogP contribution in [0.1, 0.15) is 29.8 Å². The number of aromatic nitrogens is 4. The van der Waals surface area contributed by atoms with Crippen LogP contribution in [0.25, 0.3) is 27.1 Å². The monoisotopic (exact) mass is 545 g/mol. The van der Waals surface area contributed by atoms with E-state index in [0.717, 1.165) is 10.2 Å². The maximum atomic E-state index is 14.3. The van der Waals surface area contributed by atoms with Crippen LogP contribution >= 0.6 is 11.3 Å². The number of fused-ring (bicyclic) bond motifs is 2. The van der Waals surface area contributed by atoms with Gasteiger partial charge in [0.25, 0.3) is 5.91 Å². The molecule has 0 aliphatic carbocycles. The molecule has 1 unspecified atom stereocenters. The molecule has 0 saturated heterocycles. The van der Waals surface area contributed by atoms with E-state index < -0.39 is 17.7 Å². The zero-order valence-corrected chi connectivity index (χ0v) is 22.1. The summed E-state index contributed by atoms with van der Waals surface area (Å²) in [4.78, 5) is 22.2. The summed E-state index contributed by atoms with van der Waals surface area (Å²) in [6, 6.07) is 14.6. The highest BCUT2D eigenvalue weighted by Crippen LogP contribution is 2.33. The molecule has 198 valence electrons. The van der Waals surface area contributed by atoms with Gasteiger partial charge in [0.1, 0.15) is 18.0 Å². The summed E-state index contributed by atoms with van der Waals surface area (Å²) >= 11 is 1.38. The topological polar surface area (TPSA) is 137 Å². The lowest BCUT2D eigenvalue weighted by molar-refractivity contribution is -0.00177. The van der Waals surface area contributed by atoms with Crippen molar-refractivity contribution in [1.29, 1.82) is 5.26 Å². The maximum Gasteiger partial charge on any atom is 0.255 e. The molecule has 5 rings (SSSR count). The Bertz CT molecular complexity index is 1740. The molecule has 39 heavy (non-hydrogen) atoms. The molecule has 0 radical (unpaired) electrons. The molecule has 0 spiro atoms. The van der Waals surface area contributed by atoms with Gasteiger partial charge in [0.05, 0.1) is 69.4 Å². The molecule has 4 aromatic heterocycles. The molecule has 0 bridgehead atoms. The fourth-order valence-corrected chi connectivity index (χ4v) is 4.77. The van der Waals surface area contributed by atoms with Crippen LogP contribution in [-0.4, -0.2) is 56.0 Å². The predicted octanol–water partition coefficient (Wildman–Crippen LogP) is 4.47. The summed E-state index contributed by atoms with van der Waals surface area (Å²) in [5.41, 5.74) is 2.00. The van der Waals surface area contributed by atoms with E-state index in [9.17, 15) is 19.6 Å². The number of ether oxygens (including phenoxy) is 1. The van der Waals surface area contributed by atoms with Crippen molar-refractivity contribution in [1.82, 2.24) is 24.9 Å². The summed E-state index contributed by atoms with van der Waals surface area (Å²) in [7, 11) is 1.59. The van der Waals surface area contributed by atoms with E-state index in [4.69, 9.17) is 4.74 Å². The zero-order chi connectivity index (χ0) is 27.7. The van der Waals surface area contributed by atoms with Crippen LogP contribution in [0.3, 0.4) is 0 Å². The smallest absolute Gasteiger partial charge is 0.255 e. The first-order valence-electron chi connectivity index (χ1n) is 11.9. The number of rotatable bonds is 8. The number of amides is 1. The van der Waals surface area contributed by atoms with Crippen LogP contribution in [-0.2, 0) is 0 Å². The Morgan fingerprint density at radius 3 is 2.82 bits per heavy atom. The van der Waals surface area contributed by atoms with Gasteiger partial charge >= 0.3 is 0 Å². The lowest BCUT2D eigenvalue weighted by Crippen LogP contribution is -2.42. The Morgan fingerprint density at radius 2 is 2.08 bits per heavy atom. The van der Waals surface area contributed by atoms with E-state index in [1.807, 2.05) is 30.3 Å². The number of hydrogen-bond acceptors (Lipinski definition) is 9. The molecular formula is C27H24FN7O3S. The van der Waals surface area contributed by atoms with Crippen molar-refractivity contribution < 1.29 is 19.0 Å². The van der Waals surface area contributed by atoms with Gasteiger partial charge in [-0.15, -0.1) is 0 Å². The highest BCUT2D eigenvalue weighted by Gasteiger charge is 2.27. The second-order valence-electron chi connectivity index (χ2n) is 9.34. The Balaban J connectivity index is 1.53. The Hall–Kier alpha value is -4.60. The number of hydrogen-bond donors (Lipinski definition) is 3. The number of methoxy groups -OCH3 is 1. The SMILES string of the molecule is COc1ccc2nc(Nc3cc(-c4ccc5cc(C#N)cnn45)ncc3C(=O)NCC(F)C(C)(C)O)sc2c1. The number of pyridine rings is 1. The standard InChI is InChI=1S/C27H24FN7O3S/c1-27(2,37)24(28)14-31-25(36)18-13-30-21(22-7-4-16-8-15(11-29)12-32-35(16)22)10-20(18)34-26-33-19-6-5-17(38-3)9-23(19)39-26/h4-10,12-13,24,37H,14H2,1-3H3,(H,31,36)(H,30,33,34). The molecule has 1 atom stereocenters. The van der Waals surface area contributed by atoms with Crippen molar-refractivity contribution in [3.63, 3.8) is 0 Å². The molecule has 10 nitrogen and oxygen atoms in total. The summed E-state index contributed by atoms with van der Waals surface area (Å²) in [5, 5.41) is 29.7. The van der Waals surface area contributed by atoms with Crippen LogP contribution in [0.15, 0.2) is 54.9 Å². The molecular weight excluding hydrogens is 521 g/mol. The minimum Gasteiger partial charge on any atom is -0.497 e. The van der Waals surface area contributed by atoms with Crippen molar-refractivity contribution in [3.05, 3.63) is 66.0 Å². The number of benzene rings is 1. The van der Waals surface area contributed by atoms with Crippen LogP contribution in [0.5, 0.6) is 5.75 Å². The van der Waals surface area contributed by atoms with Crippen LogP contribution in [0.4, 0.5) is 15.2 Å². The van der Waals surface area contributed by atoms with E-state index in [1.165, 1.54) is 37.6 Å². The average molecular weight is 546 g/mol. The van der Waals surface area contributed by atoms with Gasteiger partial charge in [-0.05, 0) is 56.3 Å². The predicted molar refractivity (Wildman–Crippen MR) is 146 cm³/mol. The number of alkyl halides is 1. The van der Waals surface area contributed by atoms with Gasteiger partial charge in [0, 0.05) is 6.20 Å². The van der Waals surface area contributed by atoms with Crippen LogP contribution in [0.2, 0.25) is 0 Å². The first-order chi connectivity index (χ1) is 18.7. The van der Waals surface area contributed by atoms with Crippen molar-refractivity contribution >= 4 is 43.8 Å². The lowest BCUT2D eigenvalue weighted by Gasteiger charge is -2.22. The van der Waals surface area contributed by atoms with Gasteiger partial charge in [0.2, 0.25) is 0 Å². The van der Waals surface area contributed by atoms with Gasteiger partial charge in [0.15, 0.2) is 5.13 Å². The molecule has 5 aromatic rings. The second-order valence-corrected chi connectivity index (χ2v) is 10.4. The summed E-state index contributed by atoms with van der Waals surface area (Å²) in [6.45, 7) is 2.30. The zero-order valence-electron chi connectivity index (χ0n) is 21.3. The number of nitrogens with one attached hydrogen (secondary N) is 2. The minimum atomic E-state index is -1.67. The van der Waals surface area contributed by atoms with Gasteiger partial charge in [-0.1, -0.05) is 11.3 Å². The van der Waals surface area contributed by atoms with Crippen molar-refractivity contribution in [3.8, 4) is 23.2 Å². The number of carbonyl (C=O) groups is 1. The molecule has 0 aliphatic heterocycles. The number of anilines is 2. The molecule has 1 amide bonds. The molecule has 0 saturated carbocycles. The van der Waals surface area contributed by atoms with E-state index in [-0.39, 0.29) is 12.1 Å². The third-order valence-corrected chi connectivity index (χ3v) is 7.02. The second kappa shape index (κ2) is 10.3. The molecule has 12 heteroatoms. The average Bonchev–Trinajstić information content (AvgIpc) is 3.53. The molecule has 0 fully saturated rings. The summed E-state index contributed by atoms with van der Waals surface area (Å²) in [6.07, 6.45) is 1.19. The minimum absolute atomic E-state index is 0.166. The largest absolute Gasteiger partial charge is 0.497 e. The van der Waals surface area contributed by atoms with Crippen molar-refractivity contribution in [2.45, 2.75) is 25.6 Å². The highest BCUT2D eigenvalue weighted by atomic mass is 32.1. The van der Waals surface area contributed by atoms with Gasteiger partial charge in [-0.2, -0.15) is 10.4 Å². The molecule has 1 aromatic carbocycles. The third kappa shape index (κ3) is 5.36. The normalized spacial score (nSPS) is 12.3. The number of thiazole rings is 1. The number of nitriles is 1. The van der Waals surface area contributed by atoms with Crippen LogP contribution in [0, 0.1) is 11.3 Å². The molecule has 3 N–H and O–H groups in total. The Labute approximate surface area is 226 Å². The third-order valence-electron chi connectivity index (χ3n) is 6.09. The number of halogens is 1. The summed E-state index contributed by atoms with van der Waals surface area (Å²) < 4.78 is 22.2. The quantitative estimate of drug-likeness (QED) is 0.260. The molecule has 0 aliphatic rings. The summed E-state index contributed by atoms with van der Waals surface area (Å²) in [5.74, 6) is 0.131. The Morgan fingerprint density at radius 1 is 1.26 bits per heavy atom.